The smallest absolute Gasteiger partial charge is 0.0487 e. The highest BCUT2D eigenvalue weighted by atomic mass is 15.1. The van der Waals surface area contributed by atoms with Crippen LogP contribution in [0.25, 0.3) is 0 Å². The summed E-state index contributed by atoms with van der Waals surface area (Å²) in [5.74, 6) is 0. The van der Waals surface area contributed by atoms with Gasteiger partial charge in [0, 0.05) is 17.6 Å². The number of aryl methyl sites for hydroxylation is 1. The third-order valence-electron chi connectivity index (χ3n) is 2.85. The number of hydrogen-bond acceptors (Lipinski definition) is 1. The van der Waals surface area contributed by atoms with Crippen molar-refractivity contribution >= 4 is 11.4 Å². The molecule has 0 radical (unpaired) electrons. The van der Waals surface area contributed by atoms with Crippen LogP contribution in [-0.4, -0.2) is 0 Å². The Balaban J connectivity index is 2.46. The van der Waals surface area contributed by atoms with E-state index in [4.69, 9.17) is 0 Å². The Morgan fingerprint density at radius 2 is 1.65 bits per heavy atom. The molecular weight excluding hydrogens is 206 g/mol. The van der Waals surface area contributed by atoms with Gasteiger partial charge in [0.2, 0.25) is 0 Å². The summed E-state index contributed by atoms with van der Waals surface area (Å²) >= 11 is 0. The molecule has 2 aromatic rings. The van der Waals surface area contributed by atoms with Crippen LogP contribution in [0.2, 0.25) is 0 Å². The molecule has 0 amide bonds. The quantitative estimate of drug-likeness (QED) is 0.736. The first-order chi connectivity index (χ1) is 8.36. The van der Waals surface area contributed by atoms with E-state index in [0.717, 1.165) is 12.1 Å². The number of para-hydroxylation sites is 2. The summed E-state index contributed by atoms with van der Waals surface area (Å²) in [4.78, 5) is 2.12. The zero-order valence-corrected chi connectivity index (χ0v) is 10.1. The van der Waals surface area contributed by atoms with Gasteiger partial charge >= 0.3 is 0 Å². The number of hydrogen-bond donors (Lipinski definition) is 0. The van der Waals surface area contributed by atoms with Crippen molar-refractivity contribution in [3.05, 3.63) is 72.9 Å². The molecular formula is C16H17N. The van der Waals surface area contributed by atoms with E-state index >= 15 is 0 Å². The molecule has 0 aliphatic rings. The Labute approximate surface area is 103 Å². The van der Waals surface area contributed by atoms with Crippen molar-refractivity contribution in [1.82, 2.24) is 0 Å². The fraction of sp³-hybridized carbons (Fsp3) is 0.125. The van der Waals surface area contributed by atoms with Crippen LogP contribution in [0.4, 0.5) is 11.4 Å². The lowest BCUT2D eigenvalue weighted by Crippen LogP contribution is -2.09. The van der Waals surface area contributed by atoms with Crippen LogP contribution < -0.4 is 4.90 Å². The van der Waals surface area contributed by atoms with Gasteiger partial charge < -0.3 is 4.90 Å². The molecule has 2 rings (SSSR count). The Hall–Kier alpha value is -2.02. The molecule has 2 aromatic carbocycles. The van der Waals surface area contributed by atoms with Crippen molar-refractivity contribution in [1.29, 1.82) is 0 Å². The minimum absolute atomic E-state index is 1.02. The van der Waals surface area contributed by atoms with Gasteiger partial charge in [-0.1, -0.05) is 49.9 Å². The van der Waals surface area contributed by atoms with Gasteiger partial charge in [-0.05, 0) is 30.2 Å². The van der Waals surface area contributed by atoms with E-state index < -0.39 is 0 Å². The molecule has 1 nitrogen and oxygen atoms in total. The summed E-state index contributed by atoms with van der Waals surface area (Å²) in [6, 6.07) is 18.7. The summed E-state index contributed by atoms with van der Waals surface area (Å²) in [7, 11) is 0. The van der Waals surface area contributed by atoms with Gasteiger partial charge in [0.05, 0.1) is 0 Å². The normalized spacial score (nSPS) is 9.94. The van der Waals surface area contributed by atoms with E-state index in [2.05, 4.69) is 54.8 Å². The highest BCUT2D eigenvalue weighted by Gasteiger charge is 2.08. The summed E-state index contributed by atoms with van der Waals surface area (Å²) in [6.07, 6.45) is 2.89. The molecule has 1 heteroatoms. The highest BCUT2D eigenvalue weighted by Crippen LogP contribution is 2.28. The van der Waals surface area contributed by atoms with Gasteiger partial charge in [-0.2, -0.15) is 0 Å². The third-order valence-corrected chi connectivity index (χ3v) is 2.85. The molecule has 0 heterocycles. The van der Waals surface area contributed by atoms with Gasteiger partial charge in [0.1, 0.15) is 0 Å². The molecule has 0 aromatic heterocycles. The van der Waals surface area contributed by atoms with E-state index in [-0.39, 0.29) is 0 Å². The summed E-state index contributed by atoms with van der Waals surface area (Å²) in [6.45, 7) is 6.09. The molecule has 86 valence electrons. The van der Waals surface area contributed by atoms with Gasteiger partial charge in [0.25, 0.3) is 0 Å². The van der Waals surface area contributed by atoms with Crippen molar-refractivity contribution in [3.8, 4) is 0 Å². The Bertz CT molecular complexity index is 488. The van der Waals surface area contributed by atoms with Crippen molar-refractivity contribution in [2.75, 3.05) is 4.90 Å². The Kier molecular flexibility index (Phi) is 3.61. The monoisotopic (exact) mass is 223 g/mol. The molecule has 0 fully saturated rings. The van der Waals surface area contributed by atoms with Crippen LogP contribution in [0.15, 0.2) is 67.4 Å². The third kappa shape index (κ3) is 2.39. The van der Waals surface area contributed by atoms with Gasteiger partial charge in [-0.25, -0.2) is 0 Å². The minimum Gasteiger partial charge on any atom is -0.318 e. The maximum Gasteiger partial charge on any atom is 0.0487 e. The lowest BCUT2D eigenvalue weighted by Gasteiger charge is -2.22. The summed E-state index contributed by atoms with van der Waals surface area (Å²) < 4.78 is 0. The van der Waals surface area contributed by atoms with Crippen LogP contribution in [-0.2, 0) is 6.42 Å². The largest absolute Gasteiger partial charge is 0.318 e. The summed E-state index contributed by atoms with van der Waals surface area (Å²) in [5.41, 5.74) is 3.68. The summed E-state index contributed by atoms with van der Waals surface area (Å²) in [5, 5.41) is 0. The number of rotatable bonds is 4. The Morgan fingerprint density at radius 3 is 2.29 bits per heavy atom. The van der Waals surface area contributed by atoms with Crippen LogP contribution in [0, 0.1) is 0 Å². The molecule has 0 saturated heterocycles. The molecule has 0 atom stereocenters. The van der Waals surface area contributed by atoms with E-state index in [0.29, 0.717) is 0 Å². The molecule has 0 saturated carbocycles. The zero-order chi connectivity index (χ0) is 12.1. The predicted octanol–water partition coefficient (Wildman–Crippen LogP) is 4.53. The molecule has 0 unspecified atom stereocenters. The fourth-order valence-corrected chi connectivity index (χ4v) is 1.98. The second-order valence-electron chi connectivity index (χ2n) is 3.87. The van der Waals surface area contributed by atoms with E-state index in [1.54, 1.807) is 0 Å². The first kappa shape index (κ1) is 11.5. The molecule has 0 aliphatic carbocycles. The van der Waals surface area contributed by atoms with Crippen molar-refractivity contribution in [2.24, 2.45) is 0 Å². The second-order valence-corrected chi connectivity index (χ2v) is 3.87. The first-order valence-electron chi connectivity index (χ1n) is 5.91. The highest BCUT2D eigenvalue weighted by molar-refractivity contribution is 5.68. The zero-order valence-electron chi connectivity index (χ0n) is 10.1. The molecule has 0 aliphatic heterocycles. The number of nitrogens with zero attached hydrogens (tertiary/aromatic N) is 1. The van der Waals surface area contributed by atoms with Crippen LogP contribution in [0.3, 0.4) is 0 Å². The lowest BCUT2D eigenvalue weighted by molar-refractivity contribution is 1.11. The molecule has 0 bridgehead atoms. The standard InChI is InChI=1S/C16H17N/c1-3-14-10-8-9-13-16(14)17(4-2)15-11-6-5-7-12-15/h4-13H,2-3H2,1H3. The lowest BCUT2D eigenvalue weighted by atomic mass is 10.1. The van der Waals surface area contributed by atoms with Gasteiger partial charge in [-0.3, -0.25) is 0 Å². The maximum atomic E-state index is 3.92. The van der Waals surface area contributed by atoms with Gasteiger partial charge in [-0.15, -0.1) is 0 Å². The van der Waals surface area contributed by atoms with Crippen molar-refractivity contribution in [2.45, 2.75) is 13.3 Å². The topological polar surface area (TPSA) is 3.24 Å². The van der Waals surface area contributed by atoms with Crippen molar-refractivity contribution < 1.29 is 0 Å². The molecule has 17 heavy (non-hydrogen) atoms. The first-order valence-corrected chi connectivity index (χ1v) is 5.91. The molecule has 0 N–H and O–H groups in total. The van der Waals surface area contributed by atoms with Crippen LogP contribution in [0.1, 0.15) is 12.5 Å². The second kappa shape index (κ2) is 5.35. The van der Waals surface area contributed by atoms with E-state index in [1.165, 1.54) is 11.3 Å². The SMILES string of the molecule is C=CN(c1ccccc1)c1ccccc1CC. The van der Waals surface area contributed by atoms with E-state index in [1.807, 2.05) is 24.4 Å². The van der Waals surface area contributed by atoms with Crippen molar-refractivity contribution in [3.63, 3.8) is 0 Å². The predicted molar refractivity (Wildman–Crippen MR) is 74.6 cm³/mol. The number of anilines is 2. The van der Waals surface area contributed by atoms with E-state index in [9.17, 15) is 0 Å². The molecule has 0 spiro atoms. The Morgan fingerprint density at radius 1 is 1.00 bits per heavy atom. The average Bonchev–Trinajstić information content (AvgIpc) is 2.41. The maximum absolute atomic E-state index is 3.92. The minimum atomic E-state index is 1.02. The van der Waals surface area contributed by atoms with Crippen LogP contribution >= 0.6 is 0 Å². The van der Waals surface area contributed by atoms with Crippen LogP contribution in [0.5, 0.6) is 0 Å². The van der Waals surface area contributed by atoms with Gasteiger partial charge in [0.15, 0.2) is 0 Å². The number of benzene rings is 2. The fourth-order valence-electron chi connectivity index (χ4n) is 1.98. The average molecular weight is 223 g/mol.